The molecule has 0 unspecified atom stereocenters. The summed E-state index contributed by atoms with van der Waals surface area (Å²) in [5.41, 5.74) is 6.32. The van der Waals surface area contributed by atoms with Crippen molar-refractivity contribution in [1.29, 1.82) is 0 Å². The molecule has 5 nitrogen and oxygen atoms in total. The first-order valence-corrected chi connectivity index (χ1v) is 6.49. The summed E-state index contributed by atoms with van der Waals surface area (Å²) in [7, 11) is 1.30. The van der Waals surface area contributed by atoms with E-state index in [1.807, 2.05) is 30.3 Å². The topological polar surface area (TPSA) is 81.4 Å². The summed E-state index contributed by atoms with van der Waals surface area (Å²) in [6.07, 6.45) is 4.19. The van der Waals surface area contributed by atoms with Crippen molar-refractivity contribution in [1.82, 2.24) is 5.32 Å². The zero-order valence-corrected chi connectivity index (χ0v) is 11.5. The molecule has 3 N–H and O–H groups in total. The Morgan fingerprint density at radius 2 is 2.05 bits per heavy atom. The van der Waals surface area contributed by atoms with Gasteiger partial charge in [0.25, 0.3) is 0 Å². The van der Waals surface area contributed by atoms with Gasteiger partial charge in [0.15, 0.2) is 0 Å². The highest BCUT2D eigenvalue weighted by Crippen LogP contribution is 2.02. The van der Waals surface area contributed by atoms with Crippen LogP contribution in [0.25, 0.3) is 6.08 Å². The molecule has 0 fully saturated rings. The molecule has 0 saturated carbocycles. The smallest absolute Gasteiger partial charge is 0.328 e. The first-order valence-electron chi connectivity index (χ1n) is 6.49. The Labute approximate surface area is 118 Å². The molecular formula is C15H20N2O3. The molecule has 0 saturated heterocycles. The van der Waals surface area contributed by atoms with Crippen molar-refractivity contribution in [3.8, 4) is 0 Å². The van der Waals surface area contributed by atoms with Crippen LogP contribution in [0.4, 0.5) is 0 Å². The number of esters is 1. The van der Waals surface area contributed by atoms with Gasteiger partial charge in [-0.25, -0.2) is 4.79 Å². The summed E-state index contributed by atoms with van der Waals surface area (Å²) in [5, 5.41) is 2.62. The van der Waals surface area contributed by atoms with E-state index in [2.05, 4.69) is 10.1 Å². The molecule has 20 heavy (non-hydrogen) atoms. The fourth-order valence-electron chi connectivity index (χ4n) is 1.67. The monoisotopic (exact) mass is 276 g/mol. The first kappa shape index (κ1) is 15.9. The maximum atomic E-state index is 11.8. The normalized spacial score (nSPS) is 12.1. The van der Waals surface area contributed by atoms with Crippen LogP contribution in [-0.4, -0.2) is 31.6 Å². The lowest BCUT2D eigenvalue weighted by Gasteiger charge is -2.14. The zero-order chi connectivity index (χ0) is 14.8. The van der Waals surface area contributed by atoms with E-state index in [-0.39, 0.29) is 5.91 Å². The molecule has 0 aromatic heterocycles. The second kappa shape index (κ2) is 8.87. The van der Waals surface area contributed by atoms with Gasteiger partial charge < -0.3 is 15.8 Å². The van der Waals surface area contributed by atoms with Gasteiger partial charge in [-0.3, -0.25) is 4.79 Å². The molecule has 0 aliphatic heterocycles. The number of methoxy groups -OCH3 is 1. The minimum absolute atomic E-state index is 0.332. The third kappa shape index (κ3) is 5.67. The van der Waals surface area contributed by atoms with Crippen molar-refractivity contribution in [3.63, 3.8) is 0 Å². The van der Waals surface area contributed by atoms with Gasteiger partial charge in [0, 0.05) is 6.08 Å². The number of rotatable bonds is 7. The quantitative estimate of drug-likeness (QED) is 0.577. The molecule has 0 heterocycles. The molecule has 5 heteroatoms. The number of hydrogen-bond donors (Lipinski definition) is 2. The fourth-order valence-corrected chi connectivity index (χ4v) is 1.67. The minimum Gasteiger partial charge on any atom is -0.467 e. The van der Waals surface area contributed by atoms with Crippen molar-refractivity contribution in [2.75, 3.05) is 13.7 Å². The van der Waals surface area contributed by atoms with Gasteiger partial charge in [-0.15, -0.1) is 0 Å². The van der Waals surface area contributed by atoms with E-state index in [0.29, 0.717) is 19.4 Å². The van der Waals surface area contributed by atoms with Crippen molar-refractivity contribution in [3.05, 3.63) is 42.0 Å². The van der Waals surface area contributed by atoms with Crippen LogP contribution in [0, 0.1) is 0 Å². The molecule has 0 radical (unpaired) electrons. The minimum atomic E-state index is -0.656. The predicted octanol–water partition coefficient (Wildman–Crippen LogP) is 1.10. The molecule has 0 spiro atoms. The highest BCUT2D eigenvalue weighted by molar-refractivity contribution is 5.94. The highest BCUT2D eigenvalue weighted by Gasteiger charge is 2.19. The van der Waals surface area contributed by atoms with Crippen LogP contribution in [0.3, 0.4) is 0 Å². The van der Waals surface area contributed by atoms with Crippen molar-refractivity contribution in [2.24, 2.45) is 5.73 Å². The SMILES string of the molecule is COC(=O)[C@H](CCCN)NC(=O)C=Cc1ccccc1. The lowest BCUT2D eigenvalue weighted by molar-refractivity contribution is -0.144. The predicted molar refractivity (Wildman–Crippen MR) is 77.7 cm³/mol. The molecule has 1 rings (SSSR count). The second-order valence-corrected chi connectivity index (χ2v) is 4.26. The van der Waals surface area contributed by atoms with Crippen LogP contribution >= 0.6 is 0 Å². The van der Waals surface area contributed by atoms with E-state index in [9.17, 15) is 9.59 Å². The molecule has 1 amide bonds. The lowest BCUT2D eigenvalue weighted by atomic mass is 10.1. The summed E-state index contributed by atoms with van der Waals surface area (Å²) in [6.45, 7) is 0.462. The summed E-state index contributed by atoms with van der Waals surface area (Å²) < 4.78 is 4.65. The number of hydrogen-bond acceptors (Lipinski definition) is 4. The van der Waals surface area contributed by atoms with Crippen molar-refractivity contribution in [2.45, 2.75) is 18.9 Å². The van der Waals surface area contributed by atoms with E-state index in [1.54, 1.807) is 6.08 Å². The van der Waals surface area contributed by atoms with Crippen LogP contribution in [0.15, 0.2) is 36.4 Å². The van der Waals surface area contributed by atoms with Crippen molar-refractivity contribution < 1.29 is 14.3 Å². The number of nitrogens with two attached hydrogens (primary N) is 1. The Hall–Kier alpha value is -2.14. The van der Waals surface area contributed by atoms with E-state index in [1.165, 1.54) is 13.2 Å². The second-order valence-electron chi connectivity index (χ2n) is 4.26. The standard InChI is InChI=1S/C15H20N2O3/c1-20-15(19)13(8-5-11-16)17-14(18)10-9-12-6-3-2-4-7-12/h2-4,6-7,9-10,13H,5,8,11,16H2,1H3,(H,17,18)/t13-/m0/s1. The Morgan fingerprint density at radius 1 is 1.35 bits per heavy atom. The van der Waals surface area contributed by atoms with E-state index in [0.717, 1.165) is 5.56 Å². The van der Waals surface area contributed by atoms with Crippen LogP contribution in [-0.2, 0) is 14.3 Å². The van der Waals surface area contributed by atoms with Gasteiger partial charge in [0.1, 0.15) is 6.04 Å². The molecular weight excluding hydrogens is 256 g/mol. The first-order chi connectivity index (χ1) is 9.67. The van der Waals surface area contributed by atoms with Gasteiger partial charge in [-0.1, -0.05) is 30.3 Å². The van der Waals surface area contributed by atoms with E-state index < -0.39 is 12.0 Å². The van der Waals surface area contributed by atoms with Crippen LogP contribution in [0.1, 0.15) is 18.4 Å². The summed E-state index contributed by atoms with van der Waals surface area (Å²) in [4.78, 5) is 23.3. The molecule has 108 valence electrons. The van der Waals surface area contributed by atoms with Gasteiger partial charge in [-0.05, 0) is 31.0 Å². The van der Waals surface area contributed by atoms with Gasteiger partial charge in [0.2, 0.25) is 5.91 Å². The number of amides is 1. The molecule has 0 aliphatic rings. The Bertz CT molecular complexity index is 457. The average Bonchev–Trinajstić information content (AvgIpc) is 2.49. The maximum Gasteiger partial charge on any atom is 0.328 e. The lowest BCUT2D eigenvalue weighted by Crippen LogP contribution is -2.41. The number of benzene rings is 1. The van der Waals surface area contributed by atoms with Crippen LogP contribution in [0.2, 0.25) is 0 Å². The van der Waals surface area contributed by atoms with Crippen molar-refractivity contribution >= 4 is 18.0 Å². The van der Waals surface area contributed by atoms with Gasteiger partial charge in [-0.2, -0.15) is 0 Å². The summed E-state index contributed by atoms with van der Waals surface area (Å²) >= 11 is 0. The summed E-state index contributed by atoms with van der Waals surface area (Å²) in [6, 6.07) is 8.78. The molecule has 1 atom stereocenters. The van der Waals surface area contributed by atoms with E-state index >= 15 is 0 Å². The Morgan fingerprint density at radius 3 is 2.65 bits per heavy atom. The number of carbonyl (C=O) groups is 2. The van der Waals surface area contributed by atoms with Gasteiger partial charge in [0.05, 0.1) is 7.11 Å². The van der Waals surface area contributed by atoms with Crippen LogP contribution < -0.4 is 11.1 Å². The molecule has 1 aromatic carbocycles. The third-order valence-corrected chi connectivity index (χ3v) is 2.73. The fraction of sp³-hybridized carbons (Fsp3) is 0.333. The highest BCUT2D eigenvalue weighted by atomic mass is 16.5. The largest absolute Gasteiger partial charge is 0.467 e. The molecule has 0 aliphatic carbocycles. The maximum absolute atomic E-state index is 11.8. The molecule has 1 aromatic rings. The average molecular weight is 276 g/mol. The number of ether oxygens (including phenoxy) is 1. The Balaban J connectivity index is 2.57. The third-order valence-electron chi connectivity index (χ3n) is 2.73. The number of carbonyl (C=O) groups excluding carboxylic acids is 2. The molecule has 0 bridgehead atoms. The van der Waals surface area contributed by atoms with Crippen LogP contribution in [0.5, 0.6) is 0 Å². The van der Waals surface area contributed by atoms with Gasteiger partial charge >= 0.3 is 5.97 Å². The number of nitrogens with one attached hydrogen (secondary N) is 1. The Kier molecular flexibility index (Phi) is 7.06. The zero-order valence-electron chi connectivity index (χ0n) is 11.5. The van der Waals surface area contributed by atoms with E-state index in [4.69, 9.17) is 5.73 Å². The summed E-state index contributed by atoms with van der Waals surface area (Å²) in [5.74, 6) is -0.791.